The Bertz CT molecular complexity index is 684. The number of carbonyl (C=O) groups excluding carboxylic acids is 1. The lowest BCUT2D eigenvalue weighted by Crippen LogP contribution is -2.25. The van der Waals surface area contributed by atoms with Gasteiger partial charge in [-0.05, 0) is 6.07 Å². The van der Waals surface area contributed by atoms with Gasteiger partial charge in [-0.1, -0.05) is 11.6 Å². The van der Waals surface area contributed by atoms with Crippen molar-refractivity contribution in [1.29, 1.82) is 0 Å². The number of benzene rings is 1. The van der Waals surface area contributed by atoms with Crippen LogP contribution in [0.15, 0.2) is 17.0 Å². The number of carbonyl (C=O) groups is 2. The molecule has 0 atom stereocenters. The second-order valence-corrected chi connectivity index (χ2v) is 6.56. The standard InChI is InChI=1S/C11H10ClNO6S/c12-6-3-7-8(19-5-10(14)13-7)4-9(6)20(17,18)2-1-11(15)16/h3-4H,1-2,5H2,(H,13,14)(H,15,16). The van der Waals surface area contributed by atoms with Gasteiger partial charge in [0.1, 0.15) is 5.75 Å². The fourth-order valence-electron chi connectivity index (χ4n) is 1.65. The van der Waals surface area contributed by atoms with Gasteiger partial charge in [0.25, 0.3) is 5.91 Å². The number of hydrogen-bond acceptors (Lipinski definition) is 5. The van der Waals surface area contributed by atoms with E-state index in [1.807, 2.05) is 0 Å². The number of halogens is 1. The summed E-state index contributed by atoms with van der Waals surface area (Å²) in [7, 11) is -3.84. The maximum absolute atomic E-state index is 12.0. The molecule has 0 aromatic heterocycles. The van der Waals surface area contributed by atoms with E-state index in [1.165, 1.54) is 12.1 Å². The van der Waals surface area contributed by atoms with Crippen molar-refractivity contribution in [2.45, 2.75) is 11.3 Å². The zero-order valence-corrected chi connectivity index (χ0v) is 11.6. The molecular formula is C11H10ClNO6S. The largest absolute Gasteiger partial charge is 0.482 e. The Morgan fingerprint density at radius 2 is 2.15 bits per heavy atom. The number of sulfone groups is 1. The summed E-state index contributed by atoms with van der Waals surface area (Å²) in [5.41, 5.74) is 0.281. The molecule has 2 N–H and O–H groups in total. The third-order valence-corrected chi connectivity index (χ3v) is 4.76. The van der Waals surface area contributed by atoms with Gasteiger partial charge in [0, 0.05) is 6.07 Å². The Morgan fingerprint density at radius 1 is 1.45 bits per heavy atom. The molecule has 7 nitrogen and oxygen atoms in total. The van der Waals surface area contributed by atoms with E-state index >= 15 is 0 Å². The molecule has 0 saturated carbocycles. The number of carboxylic acids is 1. The number of carboxylic acid groups (broad SMARTS) is 1. The number of fused-ring (bicyclic) bond motifs is 1. The molecule has 0 aliphatic carbocycles. The van der Waals surface area contributed by atoms with Crippen LogP contribution >= 0.6 is 11.6 Å². The first-order chi connectivity index (χ1) is 9.29. The van der Waals surface area contributed by atoms with Gasteiger partial charge < -0.3 is 15.2 Å². The summed E-state index contributed by atoms with van der Waals surface area (Å²) < 4.78 is 29.1. The maximum atomic E-state index is 12.0. The molecule has 1 aliphatic rings. The van der Waals surface area contributed by atoms with Crippen molar-refractivity contribution in [3.8, 4) is 5.75 Å². The normalized spacial score (nSPS) is 14.2. The average molecular weight is 320 g/mol. The van der Waals surface area contributed by atoms with Crippen LogP contribution in [0.1, 0.15) is 6.42 Å². The lowest BCUT2D eigenvalue weighted by molar-refractivity contribution is -0.136. The Balaban J connectivity index is 2.38. The minimum atomic E-state index is -3.84. The molecule has 0 saturated heterocycles. The number of hydrogen-bond donors (Lipinski definition) is 2. The van der Waals surface area contributed by atoms with E-state index < -0.39 is 28.0 Å². The fraction of sp³-hybridized carbons (Fsp3) is 0.273. The predicted octanol–water partition coefficient (Wildman–Crippen LogP) is 0.919. The van der Waals surface area contributed by atoms with Crippen molar-refractivity contribution >= 4 is 39.0 Å². The summed E-state index contributed by atoms with van der Waals surface area (Å²) in [6.07, 6.45) is -0.520. The zero-order valence-electron chi connectivity index (χ0n) is 10.1. The quantitative estimate of drug-likeness (QED) is 0.854. The number of nitrogens with one attached hydrogen (secondary N) is 1. The highest BCUT2D eigenvalue weighted by Gasteiger charge is 2.24. The molecule has 9 heteroatoms. The van der Waals surface area contributed by atoms with Crippen molar-refractivity contribution in [1.82, 2.24) is 0 Å². The van der Waals surface area contributed by atoms with Gasteiger partial charge in [0.15, 0.2) is 16.4 Å². The van der Waals surface area contributed by atoms with Gasteiger partial charge in [0.2, 0.25) is 0 Å². The molecule has 1 heterocycles. The van der Waals surface area contributed by atoms with Crippen LogP contribution in [0.5, 0.6) is 5.75 Å². The van der Waals surface area contributed by atoms with Crippen LogP contribution in [-0.4, -0.2) is 37.8 Å². The minimum absolute atomic E-state index is 0.0973. The van der Waals surface area contributed by atoms with Crippen LogP contribution < -0.4 is 10.1 Å². The SMILES string of the molecule is O=C(O)CCS(=O)(=O)c1cc2c(cc1Cl)NC(=O)CO2. The molecule has 0 spiro atoms. The molecule has 0 bridgehead atoms. The number of anilines is 1. The van der Waals surface area contributed by atoms with Gasteiger partial charge >= 0.3 is 5.97 Å². The summed E-state index contributed by atoms with van der Waals surface area (Å²) in [4.78, 5) is 21.4. The molecule has 108 valence electrons. The van der Waals surface area contributed by atoms with Gasteiger partial charge in [-0.25, -0.2) is 8.42 Å². The van der Waals surface area contributed by atoms with E-state index in [4.69, 9.17) is 21.4 Å². The second-order valence-electron chi connectivity index (χ2n) is 4.08. The molecular weight excluding hydrogens is 310 g/mol. The highest BCUT2D eigenvalue weighted by molar-refractivity contribution is 7.91. The summed E-state index contributed by atoms with van der Waals surface area (Å²) in [5, 5.41) is 10.9. The zero-order chi connectivity index (χ0) is 14.9. The van der Waals surface area contributed by atoms with Crippen LogP contribution in [0.4, 0.5) is 5.69 Å². The number of ether oxygens (including phenoxy) is 1. The molecule has 1 aromatic carbocycles. The van der Waals surface area contributed by atoms with Gasteiger partial charge in [-0.3, -0.25) is 9.59 Å². The monoisotopic (exact) mass is 319 g/mol. The fourth-order valence-corrected chi connectivity index (χ4v) is 3.47. The number of rotatable bonds is 4. The van der Waals surface area contributed by atoms with E-state index in [9.17, 15) is 18.0 Å². The van der Waals surface area contributed by atoms with Crippen LogP contribution in [0.2, 0.25) is 5.02 Å². The highest BCUT2D eigenvalue weighted by Crippen LogP contribution is 2.36. The molecule has 1 amide bonds. The van der Waals surface area contributed by atoms with Gasteiger partial charge in [0.05, 0.1) is 27.8 Å². The van der Waals surface area contributed by atoms with E-state index in [-0.39, 0.29) is 33.9 Å². The maximum Gasteiger partial charge on any atom is 0.304 e. The first-order valence-corrected chi connectivity index (χ1v) is 7.53. The van der Waals surface area contributed by atoms with Gasteiger partial charge in [-0.2, -0.15) is 0 Å². The third-order valence-electron chi connectivity index (χ3n) is 2.59. The molecule has 2 rings (SSSR count). The lowest BCUT2D eigenvalue weighted by atomic mass is 10.2. The lowest BCUT2D eigenvalue weighted by Gasteiger charge is -2.19. The number of amides is 1. The second kappa shape index (κ2) is 5.29. The molecule has 0 fully saturated rings. The van der Waals surface area contributed by atoms with Crippen molar-refractivity contribution < 1.29 is 27.9 Å². The van der Waals surface area contributed by atoms with E-state index in [0.29, 0.717) is 0 Å². The van der Waals surface area contributed by atoms with Crippen molar-refractivity contribution in [2.24, 2.45) is 0 Å². The highest BCUT2D eigenvalue weighted by atomic mass is 35.5. The first kappa shape index (κ1) is 14.6. The van der Waals surface area contributed by atoms with Crippen molar-refractivity contribution in [3.63, 3.8) is 0 Å². The van der Waals surface area contributed by atoms with Crippen molar-refractivity contribution in [3.05, 3.63) is 17.2 Å². The molecule has 0 radical (unpaired) electrons. The third kappa shape index (κ3) is 3.02. The van der Waals surface area contributed by atoms with E-state index in [0.717, 1.165) is 0 Å². The Hall–Kier alpha value is -1.80. The predicted molar refractivity (Wildman–Crippen MR) is 69.9 cm³/mol. The number of aliphatic carboxylic acids is 1. The Morgan fingerprint density at radius 3 is 2.80 bits per heavy atom. The Kier molecular flexibility index (Phi) is 3.87. The molecule has 20 heavy (non-hydrogen) atoms. The summed E-state index contributed by atoms with van der Waals surface area (Å²) in [6, 6.07) is 2.45. The van der Waals surface area contributed by atoms with E-state index in [1.54, 1.807) is 0 Å². The Labute approximate surface area is 119 Å². The van der Waals surface area contributed by atoms with Crippen LogP contribution in [0.3, 0.4) is 0 Å². The van der Waals surface area contributed by atoms with Crippen LogP contribution in [0, 0.1) is 0 Å². The average Bonchev–Trinajstić information content (AvgIpc) is 2.35. The molecule has 1 aliphatic heterocycles. The smallest absolute Gasteiger partial charge is 0.304 e. The first-order valence-electron chi connectivity index (χ1n) is 5.50. The van der Waals surface area contributed by atoms with Crippen LogP contribution in [0.25, 0.3) is 0 Å². The summed E-state index contributed by atoms with van der Waals surface area (Å²) >= 11 is 5.88. The minimum Gasteiger partial charge on any atom is -0.482 e. The summed E-state index contributed by atoms with van der Waals surface area (Å²) in [5.74, 6) is -1.96. The topological polar surface area (TPSA) is 110 Å². The summed E-state index contributed by atoms with van der Waals surface area (Å²) in [6.45, 7) is -0.219. The van der Waals surface area contributed by atoms with Crippen LogP contribution in [-0.2, 0) is 19.4 Å². The van der Waals surface area contributed by atoms with E-state index in [2.05, 4.69) is 5.32 Å². The molecule has 0 unspecified atom stereocenters. The molecule has 1 aromatic rings. The van der Waals surface area contributed by atoms with Gasteiger partial charge in [-0.15, -0.1) is 0 Å². The van der Waals surface area contributed by atoms with Crippen molar-refractivity contribution in [2.75, 3.05) is 17.7 Å².